The number of ether oxygens (including phenoxy) is 1. The Morgan fingerprint density at radius 3 is 3.11 bits per heavy atom. The number of rotatable bonds is 2. The van der Waals surface area contributed by atoms with Gasteiger partial charge in [0, 0.05) is 12.8 Å². The Kier molecular flexibility index (Phi) is 3.16. The lowest BCUT2D eigenvalue weighted by Crippen LogP contribution is -2.32. The summed E-state index contributed by atoms with van der Waals surface area (Å²) in [5.74, 6) is 0.562. The molecule has 0 radical (unpaired) electrons. The van der Waals surface area contributed by atoms with E-state index < -0.39 is 0 Å². The van der Waals surface area contributed by atoms with Crippen LogP contribution in [0.3, 0.4) is 0 Å². The van der Waals surface area contributed by atoms with E-state index in [1.807, 2.05) is 6.07 Å². The van der Waals surface area contributed by atoms with Gasteiger partial charge in [-0.2, -0.15) is 0 Å². The van der Waals surface area contributed by atoms with Crippen molar-refractivity contribution in [3.05, 3.63) is 29.6 Å². The maximum atomic E-state index is 12.6. The lowest BCUT2D eigenvalue weighted by Gasteiger charge is -2.26. The molecule has 96 valence electrons. The highest BCUT2D eigenvalue weighted by molar-refractivity contribution is 5.90. The van der Waals surface area contributed by atoms with Crippen LogP contribution in [0, 0.1) is 5.92 Å². The van der Waals surface area contributed by atoms with Crippen LogP contribution in [0.1, 0.15) is 43.4 Å². The summed E-state index contributed by atoms with van der Waals surface area (Å²) in [7, 11) is 0. The fourth-order valence-electron chi connectivity index (χ4n) is 3.14. The second-order valence-electron chi connectivity index (χ2n) is 5.45. The number of carbonyl (C=O) groups excluding carboxylic acids is 1. The maximum Gasteiger partial charge on any atom is 0.170 e. The summed E-state index contributed by atoms with van der Waals surface area (Å²) in [6.07, 6.45) is 5.64. The van der Waals surface area contributed by atoms with E-state index in [4.69, 9.17) is 4.74 Å². The number of hydrogen-bond donors (Lipinski definition) is 0. The van der Waals surface area contributed by atoms with Crippen molar-refractivity contribution in [1.82, 2.24) is 4.98 Å². The minimum Gasteiger partial charge on any atom is -0.370 e. The van der Waals surface area contributed by atoms with Crippen molar-refractivity contribution >= 4 is 5.78 Å². The molecule has 1 fully saturated rings. The predicted octanol–water partition coefficient (Wildman–Crippen LogP) is 2.50. The molecule has 0 amide bonds. The van der Waals surface area contributed by atoms with E-state index in [1.165, 1.54) is 5.56 Å². The molecule has 1 aromatic heterocycles. The Labute approximate surface area is 108 Å². The van der Waals surface area contributed by atoms with Gasteiger partial charge in [-0.3, -0.25) is 9.78 Å². The Morgan fingerprint density at radius 2 is 2.33 bits per heavy atom. The summed E-state index contributed by atoms with van der Waals surface area (Å²) in [4.78, 5) is 17.1. The lowest BCUT2D eigenvalue weighted by molar-refractivity contribution is -0.131. The molecule has 0 saturated carbocycles. The highest BCUT2D eigenvalue weighted by Crippen LogP contribution is 2.34. The Hall–Kier alpha value is -1.22. The number of ketones is 1. The Bertz CT molecular complexity index is 458. The number of aromatic nitrogens is 1. The third-order valence-electron chi connectivity index (χ3n) is 4.21. The summed E-state index contributed by atoms with van der Waals surface area (Å²) >= 11 is 0. The summed E-state index contributed by atoms with van der Waals surface area (Å²) in [6, 6.07) is 4.06. The molecule has 0 spiro atoms. The monoisotopic (exact) mass is 245 g/mol. The molecule has 0 aromatic carbocycles. The zero-order chi connectivity index (χ0) is 12.5. The molecule has 2 aliphatic rings. The third kappa shape index (κ3) is 1.97. The van der Waals surface area contributed by atoms with Gasteiger partial charge in [-0.25, -0.2) is 0 Å². The van der Waals surface area contributed by atoms with Crippen molar-refractivity contribution in [1.29, 1.82) is 0 Å². The number of pyridine rings is 1. The number of fused-ring (bicyclic) bond motifs is 1. The first kappa shape index (κ1) is 11.8. The molecule has 0 N–H and O–H groups in total. The number of carbonyl (C=O) groups is 1. The summed E-state index contributed by atoms with van der Waals surface area (Å²) in [5.41, 5.74) is 2.24. The minimum absolute atomic E-state index is 0.0412. The molecule has 0 bridgehead atoms. The largest absolute Gasteiger partial charge is 0.370 e. The topological polar surface area (TPSA) is 39.2 Å². The number of Topliss-reactive ketones (excluding diaryl/α,β-unsaturated/α-hetero) is 1. The van der Waals surface area contributed by atoms with Crippen molar-refractivity contribution in [3.63, 3.8) is 0 Å². The quantitative estimate of drug-likeness (QED) is 0.803. The molecule has 3 nitrogen and oxygen atoms in total. The van der Waals surface area contributed by atoms with Crippen molar-refractivity contribution < 1.29 is 9.53 Å². The molecule has 1 aliphatic carbocycles. The molecule has 1 aliphatic heterocycles. The molecular weight excluding hydrogens is 226 g/mol. The van der Waals surface area contributed by atoms with Crippen LogP contribution < -0.4 is 0 Å². The van der Waals surface area contributed by atoms with Gasteiger partial charge in [0.25, 0.3) is 0 Å². The van der Waals surface area contributed by atoms with Crippen molar-refractivity contribution in [2.45, 2.75) is 44.6 Å². The molecule has 1 saturated heterocycles. The van der Waals surface area contributed by atoms with Gasteiger partial charge >= 0.3 is 0 Å². The fourth-order valence-corrected chi connectivity index (χ4v) is 3.14. The Balaban J connectivity index is 1.87. The SMILES string of the molecule is CC1CCOC1C(=O)C1CCCc2cccnc21. The van der Waals surface area contributed by atoms with Gasteiger partial charge in [0.05, 0.1) is 11.6 Å². The first-order valence-corrected chi connectivity index (χ1v) is 6.86. The van der Waals surface area contributed by atoms with Crippen LogP contribution in [0.2, 0.25) is 0 Å². The van der Waals surface area contributed by atoms with Gasteiger partial charge in [0.1, 0.15) is 6.10 Å². The van der Waals surface area contributed by atoms with E-state index in [9.17, 15) is 4.79 Å². The van der Waals surface area contributed by atoms with E-state index >= 15 is 0 Å². The van der Waals surface area contributed by atoms with Crippen molar-refractivity contribution in [2.24, 2.45) is 5.92 Å². The summed E-state index contributed by atoms with van der Waals surface area (Å²) < 4.78 is 5.62. The second kappa shape index (κ2) is 4.81. The molecule has 3 atom stereocenters. The average Bonchev–Trinajstić information content (AvgIpc) is 2.83. The van der Waals surface area contributed by atoms with Crippen molar-refractivity contribution in [3.8, 4) is 0 Å². The van der Waals surface area contributed by atoms with E-state index in [1.54, 1.807) is 6.20 Å². The zero-order valence-corrected chi connectivity index (χ0v) is 10.8. The van der Waals surface area contributed by atoms with Crippen LogP contribution >= 0.6 is 0 Å². The van der Waals surface area contributed by atoms with Crippen LogP contribution in [0.15, 0.2) is 18.3 Å². The Morgan fingerprint density at radius 1 is 1.44 bits per heavy atom. The van der Waals surface area contributed by atoms with Gasteiger partial charge in [-0.15, -0.1) is 0 Å². The molecule has 2 heterocycles. The molecule has 18 heavy (non-hydrogen) atoms. The van der Waals surface area contributed by atoms with E-state index in [0.717, 1.165) is 38.0 Å². The van der Waals surface area contributed by atoms with E-state index in [0.29, 0.717) is 5.92 Å². The summed E-state index contributed by atoms with van der Waals surface area (Å²) in [5, 5.41) is 0. The van der Waals surface area contributed by atoms with Gasteiger partial charge in [0.2, 0.25) is 0 Å². The van der Waals surface area contributed by atoms with Gasteiger partial charge < -0.3 is 4.74 Å². The van der Waals surface area contributed by atoms with Crippen molar-refractivity contribution in [2.75, 3.05) is 6.61 Å². The second-order valence-corrected chi connectivity index (χ2v) is 5.45. The van der Waals surface area contributed by atoms with E-state index in [2.05, 4.69) is 18.0 Å². The first-order chi connectivity index (χ1) is 8.77. The lowest BCUT2D eigenvalue weighted by atomic mass is 9.80. The molecule has 3 rings (SSSR count). The number of aryl methyl sites for hydroxylation is 1. The average molecular weight is 245 g/mol. The molecule has 3 unspecified atom stereocenters. The summed E-state index contributed by atoms with van der Waals surface area (Å²) in [6.45, 7) is 2.83. The predicted molar refractivity (Wildman–Crippen MR) is 68.4 cm³/mol. The molecule has 1 aromatic rings. The normalized spacial score (nSPS) is 31.1. The van der Waals surface area contributed by atoms with Crippen LogP contribution in [0.5, 0.6) is 0 Å². The van der Waals surface area contributed by atoms with Gasteiger partial charge in [-0.05, 0) is 43.2 Å². The van der Waals surface area contributed by atoms with Crippen LogP contribution in [0.4, 0.5) is 0 Å². The van der Waals surface area contributed by atoms with Crippen LogP contribution in [-0.2, 0) is 16.0 Å². The van der Waals surface area contributed by atoms with Crippen LogP contribution in [-0.4, -0.2) is 23.5 Å². The molecule has 3 heteroatoms. The minimum atomic E-state index is -0.206. The zero-order valence-electron chi connectivity index (χ0n) is 10.8. The maximum absolute atomic E-state index is 12.6. The third-order valence-corrected chi connectivity index (χ3v) is 4.21. The van der Waals surface area contributed by atoms with Gasteiger partial charge in [-0.1, -0.05) is 13.0 Å². The molecular formula is C15H19NO2. The first-order valence-electron chi connectivity index (χ1n) is 6.86. The highest BCUT2D eigenvalue weighted by atomic mass is 16.5. The smallest absolute Gasteiger partial charge is 0.170 e. The van der Waals surface area contributed by atoms with Gasteiger partial charge in [0.15, 0.2) is 5.78 Å². The highest BCUT2D eigenvalue weighted by Gasteiger charge is 2.37. The van der Waals surface area contributed by atoms with Crippen LogP contribution in [0.25, 0.3) is 0 Å². The standard InChI is InChI=1S/C15H19NO2/c1-10-7-9-18-15(10)14(17)12-6-2-4-11-5-3-8-16-13(11)12/h3,5,8,10,12,15H,2,4,6-7,9H2,1H3. The fraction of sp³-hybridized carbons (Fsp3) is 0.600. The number of hydrogen-bond acceptors (Lipinski definition) is 3. The van der Waals surface area contributed by atoms with E-state index in [-0.39, 0.29) is 17.8 Å². The number of nitrogens with zero attached hydrogens (tertiary/aromatic N) is 1.